The number of ether oxygens (including phenoxy) is 1. The van der Waals surface area contributed by atoms with Crippen LogP contribution in [0, 0.1) is 20.8 Å². The van der Waals surface area contributed by atoms with Gasteiger partial charge in [0.2, 0.25) is 6.10 Å². The van der Waals surface area contributed by atoms with Gasteiger partial charge in [0, 0.05) is 11.3 Å². The molecule has 1 unspecified atom stereocenters. The van der Waals surface area contributed by atoms with Crippen molar-refractivity contribution >= 4 is 28.9 Å². The molecule has 27 heavy (non-hydrogen) atoms. The summed E-state index contributed by atoms with van der Waals surface area (Å²) >= 11 is 1.26. The summed E-state index contributed by atoms with van der Waals surface area (Å²) in [6.07, 6.45) is -1.05. The minimum atomic E-state index is -1.05. The van der Waals surface area contributed by atoms with E-state index in [1.807, 2.05) is 44.2 Å². The van der Waals surface area contributed by atoms with Crippen molar-refractivity contribution < 1.29 is 14.3 Å². The molecule has 2 aromatic carbocycles. The van der Waals surface area contributed by atoms with Crippen LogP contribution in [0.2, 0.25) is 0 Å². The van der Waals surface area contributed by atoms with Crippen LogP contribution >= 0.6 is 11.3 Å². The van der Waals surface area contributed by atoms with E-state index in [4.69, 9.17) is 4.74 Å². The van der Waals surface area contributed by atoms with Gasteiger partial charge in [-0.3, -0.25) is 4.79 Å². The van der Waals surface area contributed by atoms with Crippen LogP contribution in [0.3, 0.4) is 0 Å². The summed E-state index contributed by atoms with van der Waals surface area (Å²) in [6, 6.07) is 16.4. The summed E-state index contributed by atoms with van der Waals surface area (Å²) in [5, 5.41) is 3.59. The lowest BCUT2D eigenvalue weighted by Crippen LogP contribution is -2.26. The first-order valence-electron chi connectivity index (χ1n) is 8.51. The predicted octanol–water partition coefficient (Wildman–Crippen LogP) is 4.61. The first-order valence-corrected chi connectivity index (χ1v) is 9.33. The Bertz CT molecular complexity index is 949. The molecule has 3 aromatic rings. The van der Waals surface area contributed by atoms with Gasteiger partial charge in [0.25, 0.3) is 5.91 Å². The molecule has 0 radical (unpaired) electrons. The van der Waals surface area contributed by atoms with Crippen molar-refractivity contribution in [3.63, 3.8) is 0 Å². The molecule has 0 aliphatic rings. The predicted molar refractivity (Wildman–Crippen MR) is 106 cm³/mol. The highest BCUT2D eigenvalue weighted by atomic mass is 32.1. The zero-order valence-electron chi connectivity index (χ0n) is 15.4. The largest absolute Gasteiger partial charge is 0.443 e. The fourth-order valence-electron chi connectivity index (χ4n) is 2.63. The molecule has 0 bridgehead atoms. The molecule has 0 fully saturated rings. The first-order chi connectivity index (χ1) is 12.9. The number of anilines is 1. The lowest BCUT2D eigenvalue weighted by molar-refractivity contribution is -0.125. The monoisotopic (exact) mass is 380 g/mol. The molecule has 0 saturated heterocycles. The van der Waals surface area contributed by atoms with Crippen molar-refractivity contribution in [3.8, 4) is 0 Å². The van der Waals surface area contributed by atoms with Crippen LogP contribution in [0.5, 0.6) is 0 Å². The van der Waals surface area contributed by atoms with Gasteiger partial charge in [-0.25, -0.2) is 9.78 Å². The molecule has 1 aromatic heterocycles. The third-order valence-corrected chi connectivity index (χ3v) is 5.03. The molecule has 5 nitrogen and oxygen atoms in total. The molecule has 6 heteroatoms. The molecule has 1 amide bonds. The Morgan fingerprint density at radius 3 is 2.26 bits per heavy atom. The lowest BCUT2D eigenvalue weighted by Gasteiger charge is -2.18. The first kappa shape index (κ1) is 18.8. The Balaban J connectivity index is 1.84. The van der Waals surface area contributed by atoms with Crippen LogP contribution in [-0.4, -0.2) is 16.9 Å². The van der Waals surface area contributed by atoms with E-state index in [0.717, 1.165) is 10.6 Å². The van der Waals surface area contributed by atoms with Crippen molar-refractivity contribution in [2.24, 2.45) is 0 Å². The number of hydrogen-bond acceptors (Lipinski definition) is 5. The lowest BCUT2D eigenvalue weighted by atomic mass is 10.1. The van der Waals surface area contributed by atoms with E-state index in [0.29, 0.717) is 21.8 Å². The summed E-state index contributed by atoms with van der Waals surface area (Å²) in [4.78, 5) is 30.2. The Hall–Kier alpha value is -2.99. The number of rotatable bonds is 5. The van der Waals surface area contributed by atoms with E-state index >= 15 is 0 Å². The third-order valence-electron chi connectivity index (χ3n) is 3.97. The number of aryl methyl sites for hydroxylation is 3. The summed E-state index contributed by atoms with van der Waals surface area (Å²) < 4.78 is 5.59. The Morgan fingerprint density at radius 1 is 1.00 bits per heavy atom. The average Bonchev–Trinajstić information content (AvgIpc) is 3.00. The highest BCUT2D eigenvalue weighted by Crippen LogP contribution is 2.25. The standard InChI is InChI=1S/C21H20N2O3S/c1-13-9-11-17(12-10-13)23-20(24)18(16-7-5-4-6-8-16)26-21(25)19-14(2)22-15(3)27-19/h4-12,18H,1-3H3,(H,23,24). The summed E-state index contributed by atoms with van der Waals surface area (Å²) in [5.74, 6) is -0.955. The third kappa shape index (κ3) is 4.60. The Labute approximate surface area is 162 Å². The molecule has 3 rings (SSSR count). The molecule has 1 N–H and O–H groups in total. The van der Waals surface area contributed by atoms with E-state index in [2.05, 4.69) is 10.3 Å². The van der Waals surface area contributed by atoms with Crippen molar-refractivity contribution in [2.75, 3.05) is 5.32 Å². The van der Waals surface area contributed by atoms with Gasteiger partial charge in [0.15, 0.2) is 0 Å². The van der Waals surface area contributed by atoms with Gasteiger partial charge in [0.1, 0.15) is 4.88 Å². The maximum Gasteiger partial charge on any atom is 0.351 e. The summed E-state index contributed by atoms with van der Waals surface area (Å²) in [6.45, 7) is 5.55. The fourth-order valence-corrected chi connectivity index (χ4v) is 3.43. The van der Waals surface area contributed by atoms with Crippen molar-refractivity contribution in [2.45, 2.75) is 26.9 Å². The van der Waals surface area contributed by atoms with Crippen LogP contribution in [0.4, 0.5) is 5.69 Å². The molecule has 0 saturated carbocycles. The van der Waals surface area contributed by atoms with Gasteiger partial charge in [0.05, 0.1) is 10.7 Å². The maximum absolute atomic E-state index is 12.9. The van der Waals surface area contributed by atoms with Crippen molar-refractivity contribution in [3.05, 3.63) is 81.3 Å². The molecule has 138 valence electrons. The minimum absolute atomic E-state index is 0.405. The number of thiazole rings is 1. The minimum Gasteiger partial charge on any atom is -0.443 e. The van der Waals surface area contributed by atoms with Crippen LogP contribution in [0.1, 0.15) is 37.6 Å². The molecule has 1 heterocycles. The molecule has 0 aliphatic carbocycles. The van der Waals surface area contributed by atoms with Crippen LogP contribution in [-0.2, 0) is 9.53 Å². The van der Waals surface area contributed by atoms with Crippen molar-refractivity contribution in [1.82, 2.24) is 4.98 Å². The average molecular weight is 380 g/mol. The van der Waals surface area contributed by atoms with E-state index in [9.17, 15) is 9.59 Å². The number of carbonyl (C=O) groups is 2. The number of carbonyl (C=O) groups excluding carboxylic acids is 2. The number of nitrogens with zero attached hydrogens (tertiary/aromatic N) is 1. The molecule has 0 aliphatic heterocycles. The van der Waals surface area contributed by atoms with Gasteiger partial charge in [-0.1, -0.05) is 48.0 Å². The van der Waals surface area contributed by atoms with Crippen LogP contribution in [0.15, 0.2) is 54.6 Å². The van der Waals surface area contributed by atoms with E-state index < -0.39 is 18.0 Å². The SMILES string of the molecule is Cc1ccc(NC(=O)C(OC(=O)c2sc(C)nc2C)c2ccccc2)cc1. The molecular weight excluding hydrogens is 360 g/mol. The zero-order valence-corrected chi connectivity index (χ0v) is 16.2. The molecule has 1 atom stereocenters. The number of nitrogens with one attached hydrogen (secondary N) is 1. The second-order valence-corrected chi connectivity index (χ2v) is 7.40. The maximum atomic E-state index is 12.9. The highest BCUT2D eigenvalue weighted by molar-refractivity contribution is 7.13. The van der Waals surface area contributed by atoms with Gasteiger partial charge in [-0.2, -0.15) is 0 Å². The topological polar surface area (TPSA) is 68.3 Å². The van der Waals surface area contributed by atoms with E-state index in [1.165, 1.54) is 11.3 Å². The fraction of sp³-hybridized carbons (Fsp3) is 0.190. The number of esters is 1. The van der Waals surface area contributed by atoms with E-state index in [1.54, 1.807) is 31.2 Å². The zero-order chi connectivity index (χ0) is 19.4. The quantitative estimate of drug-likeness (QED) is 0.657. The van der Waals surface area contributed by atoms with Gasteiger partial charge in [-0.15, -0.1) is 11.3 Å². The number of benzene rings is 2. The summed E-state index contributed by atoms with van der Waals surface area (Å²) in [5.41, 5.74) is 2.95. The Kier molecular flexibility index (Phi) is 5.66. The smallest absolute Gasteiger partial charge is 0.351 e. The molecular formula is C21H20N2O3S. The van der Waals surface area contributed by atoms with Crippen LogP contribution in [0.25, 0.3) is 0 Å². The van der Waals surface area contributed by atoms with E-state index in [-0.39, 0.29) is 0 Å². The van der Waals surface area contributed by atoms with Crippen molar-refractivity contribution in [1.29, 1.82) is 0 Å². The van der Waals surface area contributed by atoms with Gasteiger partial charge >= 0.3 is 5.97 Å². The number of hydrogen-bond donors (Lipinski definition) is 1. The second-order valence-electron chi connectivity index (χ2n) is 6.20. The normalized spacial score (nSPS) is 11.7. The molecule has 0 spiro atoms. The van der Waals surface area contributed by atoms with Gasteiger partial charge < -0.3 is 10.1 Å². The number of aromatic nitrogens is 1. The van der Waals surface area contributed by atoms with Crippen LogP contribution < -0.4 is 5.32 Å². The summed E-state index contributed by atoms with van der Waals surface area (Å²) in [7, 11) is 0. The number of amides is 1. The highest BCUT2D eigenvalue weighted by Gasteiger charge is 2.27. The van der Waals surface area contributed by atoms with Gasteiger partial charge in [-0.05, 0) is 32.9 Å². The Morgan fingerprint density at radius 2 is 1.67 bits per heavy atom. The second kappa shape index (κ2) is 8.14.